The molecule has 0 bridgehead atoms. The number of nitrogens with two attached hydrogens (primary N) is 1. The molecular formula is C19H30ClN3O3. The van der Waals surface area contributed by atoms with Crippen molar-refractivity contribution in [3.05, 3.63) is 30.3 Å². The van der Waals surface area contributed by atoms with Crippen molar-refractivity contribution in [3.8, 4) is 5.75 Å². The Hall–Kier alpha value is -1.79. The lowest BCUT2D eigenvalue weighted by Crippen LogP contribution is -2.49. The Morgan fingerprint density at radius 1 is 1.23 bits per heavy atom. The number of rotatable bonds is 7. The summed E-state index contributed by atoms with van der Waals surface area (Å²) in [6, 6.07) is 9.19. The number of ether oxygens (including phenoxy) is 1. The highest BCUT2D eigenvalue weighted by atomic mass is 35.5. The van der Waals surface area contributed by atoms with E-state index in [2.05, 4.69) is 5.32 Å². The summed E-state index contributed by atoms with van der Waals surface area (Å²) in [6.07, 6.45) is 1.83. The fraction of sp³-hybridized carbons (Fsp3) is 0.579. The van der Waals surface area contributed by atoms with Gasteiger partial charge in [-0.2, -0.15) is 0 Å². The molecule has 1 saturated heterocycles. The topological polar surface area (TPSA) is 84.7 Å². The number of benzene rings is 1. The molecule has 0 saturated carbocycles. The van der Waals surface area contributed by atoms with Gasteiger partial charge in [0, 0.05) is 13.1 Å². The Labute approximate surface area is 161 Å². The third kappa shape index (κ3) is 6.84. The van der Waals surface area contributed by atoms with E-state index in [1.165, 1.54) is 0 Å². The third-order valence-corrected chi connectivity index (χ3v) is 4.63. The van der Waals surface area contributed by atoms with Gasteiger partial charge in [-0.05, 0) is 36.8 Å². The van der Waals surface area contributed by atoms with Gasteiger partial charge in [-0.15, -0.1) is 12.4 Å². The number of amides is 2. The highest BCUT2D eigenvalue weighted by molar-refractivity contribution is 5.87. The Kier molecular flexibility index (Phi) is 9.44. The number of hydrogen-bond acceptors (Lipinski definition) is 4. The van der Waals surface area contributed by atoms with Crippen molar-refractivity contribution in [1.29, 1.82) is 0 Å². The largest absolute Gasteiger partial charge is 0.493 e. The number of carbonyl (C=O) groups is 2. The predicted octanol–water partition coefficient (Wildman–Crippen LogP) is 1.83. The molecule has 1 aliphatic rings. The molecule has 1 heterocycles. The number of likely N-dealkylation sites (tertiary alicyclic amines) is 1. The first-order valence-corrected chi connectivity index (χ1v) is 8.96. The Morgan fingerprint density at radius 3 is 2.42 bits per heavy atom. The van der Waals surface area contributed by atoms with Crippen LogP contribution in [0.4, 0.5) is 0 Å². The van der Waals surface area contributed by atoms with E-state index in [9.17, 15) is 9.59 Å². The van der Waals surface area contributed by atoms with Gasteiger partial charge in [0.2, 0.25) is 11.8 Å². The van der Waals surface area contributed by atoms with E-state index in [4.69, 9.17) is 10.5 Å². The monoisotopic (exact) mass is 383 g/mol. The van der Waals surface area contributed by atoms with Crippen LogP contribution in [0.2, 0.25) is 0 Å². The summed E-state index contributed by atoms with van der Waals surface area (Å²) in [5.41, 5.74) is 5.77. The molecule has 1 aromatic rings. The molecule has 0 unspecified atom stereocenters. The van der Waals surface area contributed by atoms with Crippen LogP contribution in [0.5, 0.6) is 5.75 Å². The lowest BCUT2D eigenvalue weighted by molar-refractivity contribution is -0.134. The third-order valence-electron chi connectivity index (χ3n) is 4.63. The van der Waals surface area contributed by atoms with Crippen molar-refractivity contribution in [3.63, 3.8) is 0 Å². The number of hydrogen-bond donors (Lipinski definition) is 2. The molecule has 7 heteroatoms. The SMILES string of the molecule is CC(C)[C@H](N)C(=O)NCC(=O)N1CCC(COc2ccccc2)CC1.Cl. The molecule has 146 valence electrons. The smallest absolute Gasteiger partial charge is 0.241 e. The molecule has 2 amide bonds. The maximum atomic E-state index is 12.2. The summed E-state index contributed by atoms with van der Waals surface area (Å²) < 4.78 is 5.79. The van der Waals surface area contributed by atoms with Gasteiger partial charge in [0.15, 0.2) is 0 Å². The summed E-state index contributed by atoms with van der Waals surface area (Å²) in [4.78, 5) is 25.8. The van der Waals surface area contributed by atoms with E-state index >= 15 is 0 Å². The van der Waals surface area contributed by atoms with Crippen molar-refractivity contribution in [2.75, 3.05) is 26.2 Å². The average Bonchev–Trinajstić information content (AvgIpc) is 2.64. The molecule has 1 fully saturated rings. The second kappa shape index (κ2) is 11.0. The number of halogens is 1. The minimum absolute atomic E-state index is 0. The summed E-state index contributed by atoms with van der Waals surface area (Å²) in [5.74, 6) is 1.06. The van der Waals surface area contributed by atoms with Crippen LogP contribution in [-0.2, 0) is 9.59 Å². The van der Waals surface area contributed by atoms with Gasteiger partial charge in [0.1, 0.15) is 5.75 Å². The van der Waals surface area contributed by atoms with Gasteiger partial charge < -0.3 is 20.7 Å². The van der Waals surface area contributed by atoms with E-state index < -0.39 is 6.04 Å². The molecule has 0 aliphatic carbocycles. The van der Waals surface area contributed by atoms with E-state index in [0.29, 0.717) is 25.6 Å². The van der Waals surface area contributed by atoms with Crippen LogP contribution in [0.25, 0.3) is 0 Å². The summed E-state index contributed by atoms with van der Waals surface area (Å²) >= 11 is 0. The molecular weight excluding hydrogens is 354 g/mol. The fourth-order valence-corrected chi connectivity index (χ4v) is 2.77. The van der Waals surface area contributed by atoms with Crippen LogP contribution >= 0.6 is 12.4 Å². The van der Waals surface area contributed by atoms with Crippen LogP contribution in [0.15, 0.2) is 30.3 Å². The fourth-order valence-electron chi connectivity index (χ4n) is 2.77. The molecule has 0 radical (unpaired) electrons. The quantitative estimate of drug-likeness (QED) is 0.752. The zero-order valence-corrected chi connectivity index (χ0v) is 16.3. The second-order valence-corrected chi connectivity index (χ2v) is 6.94. The first-order chi connectivity index (χ1) is 12.0. The van der Waals surface area contributed by atoms with Crippen LogP contribution < -0.4 is 15.8 Å². The summed E-state index contributed by atoms with van der Waals surface area (Å²) in [7, 11) is 0. The van der Waals surface area contributed by atoms with Crippen LogP contribution in [-0.4, -0.2) is 49.0 Å². The molecule has 0 aromatic heterocycles. The summed E-state index contributed by atoms with van der Waals surface area (Å²) in [5, 5.41) is 2.64. The summed E-state index contributed by atoms with van der Waals surface area (Å²) in [6.45, 7) is 5.86. The molecule has 26 heavy (non-hydrogen) atoms. The van der Waals surface area contributed by atoms with Crippen LogP contribution in [0.3, 0.4) is 0 Å². The van der Waals surface area contributed by atoms with Crippen LogP contribution in [0, 0.1) is 11.8 Å². The highest BCUT2D eigenvalue weighted by Gasteiger charge is 2.24. The van der Waals surface area contributed by atoms with Gasteiger partial charge in [0.25, 0.3) is 0 Å². The molecule has 3 N–H and O–H groups in total. The zero-order chi connectivity index (χ0) is 18.2. The molecule has 6 nitrogen and oxygen atoms in total. The van der Waals surface area contributed by atoms with Crippen molar-refractivity contribution in [1.82, 2.24) is 10.2 Å². The van der Waals surface area contributed by atoms with Crippen LogP contribution in [0.1, 0.15) is 26.7 Å². The molecule has 1 atom stereocenters. The van der Waals surface area contributed by atoms with Gasteiger partial charge in [-0.1, -0.05) is 32.0 Å². The maximum absolute atomic E-state index is 12.2. The van der Waals surface area contributed by atoms with Crippen molar-refractivity contribution < 1.29 is 14.3 Å². The zero-order valence-electron chi connectivity index (χ0n) is 15.5. The second-order valence-electron chi connectivity index (χ2n) is 6.94. The number of nitrogens with one attached hydrogen (secondary N) is 1. The minimum atomic E-state index is -0.575. The Morgan fingerprint density at radius 2 is 1.85 bits per heavy atom. The number of piperidine rings is 1. The van der Waals surface area contributed by atoms with E-state index in [0.717, 1.165) is 18.6 Å². The first-order valence-electron chi connectivity index (χ1n) is 8.96. The lowest BCUT2D eigenvalue weighted by Gasteiger charge is -2.32. The lowest BCUT2D eigenvalue weighted by atomic mass is 9.97. The molecule has 2 rings (SSSR count). The van der Waals surface area contributed by atoms with E-state index in [1.54, 1.807) is 4.90 Å². The number of nitrogens with zero attached hydrogens (tertiary/aromatic N) is 1. The van der Waals surface area contributed by atoms with Crippen molar-refractivity contribution >= 4 is 24.2 Å². The molecule has 1 aromatic carbocycles. The van der Waals surface area contributed by atoms with E-state index in [-0.39, 0.29) is 36.7 Å². The Bertz CT molecular complexity index is 560. The van der Waals surface area contributed by atoms with E-state index in [1.807, 2.05) is 44.2 Å². The van der Waals surface area contributed by atoms with Gasteiger partial charge in [-0.3, -0.25) is 9.59 Å². The van der Waals surface area contributed by atoms with Crippen molar-refractivity contribution in [2.24, 2.45) is 17.6 Å². The molecule has 1 aliphatic heterocycles. The van der Waals surface area contributed by atoms with Gasteiger partial charge >= 0.3 is 0 Å². The van der Waals surface area contributed by atoms with Gasteiger partial charge in [0.05, 0.1) is 19.2 Å². The number of carbonyl (C=O) groups excluding carboxylic acids is 2. The normalized spacial score (nSPS) is 15.9. The van der Waals surface area contributed by atoms with Crippen molar-refractivity contribution in [2.45, 2.75) is 32.7 Å². The highest BCUT2D eigenvalue weighted by Crippen LogP contribution is 2.19. The minimum Gasteiger partial charge on any atom is -0.493 e. The van der Waals surface area contributed by atoms with Gasteiger partial charge in [-0.25, -0.2) is 0 Å². The predicted molar refractivity (Wildman–Crippen MR) is 104 cm³/mol. The number of para-hydroxylation sites is 1. The Balaban J connectivity index is 0.00000338. The maximum Gasteiger partial charge on any atom is 0.241 e. The molecule has 0 spiro atoms. The average molecular weight is 384 g/mol. The first kappa shape index (κ1) is 22.3. The standard InChI is InChI=1S/C19H29N3O3.ClH/c1-14(2)18(20)19(24)21-12-17(23)22-10-8-15(9-11-22)13-25-16-6-4-3-5-7-16;/h3-7,14-15,18H,8-13,20H2,1-2H3,(H,21,24);1H/t18-;/m0./s1.